The molecule has 88 valence electrons. The van der Waals surface area contributed by atoms with E-state index in [2.05, 4.69) is 5.32 Å². The highest BCUT2D eigenvalue weighted by molar-refractivity contribution is 7.07. The zero-order chi connectivity index (χ0) is 11.4. The molecular formula is C11H16N2O2S. The second-order valence-electron chi connectivity index (χ2n) is 3.92. The maximum Gasteiger partial charge on any atom is 0.317 e. The number of thiophene rings is 1. The van der Waals surface area contributed by atoms with E-state index in [1.165, 1.54) is 0 Å². The lowest BCUT2D eigenvalue weighted by Gasteiger charge is -2.31. The number of morpholine rings is 1. The molecule has 0 spiro atoms. The van der Waals surface area contributed by atoms with Crippen molar-refractivity contribution in [3.05, 3.63) is 22.4 Å². The second kappa shape index (κ2) is 5.32. The van der Waals surface area contributed by atoms with Crippen LogP contribution in [-0.4, -0.2) is 36.7 Å². The summed E-state index contributed by atoms with van der Waals surface area (Å²) in [6.45, 7) is 4.58. The molecule has 0 saturated carbocycles. The van der Waals surface area contributed by atoms with Gasteiger partial charge in [0.2, 0.25) is 0 Å². The molecule has 0 aromatic carbocycles. The Morgan fingerprint density at radius 3 is 3.31 bits per heavy atom. The third-order valence-corrected chi connectivity index (χ3v) is 3.28. The van der Waals surface area contributed by atoms with Crippen LogP contribution in [0.2, 0.25) is 0 Å². The summed E-state index contributed by atoms with van der Waals surface area (Å²) in [6, 6.07) is 2.02. The van der Waals surface area contributed by atoms with Gasteiger partial charge >= 0.3 is 6.03 Å². The number of nitrogens with zero attached hydrogens (tertiary/aromatic N) is 1. The first-order valence-corrected chi connectivity index (χ1v) is 6.35. The minimum absolute atomic E-state index is 0.00125. The molecule has 2 amide bonds. The van der Waals surface area contributed by atoms with E-state index in [9.17, 15) is 4.79 Å². The summed E-state index contributed by atoms with van der Waals surface area (Å²) in [5, 5.41) is 6.97. The average Bonchev–Trinajstić information content (AvgIpc) is 2.78. The Morgan fingerprint density at radius 2 is 2.62 bits per heavy atom. The van der Waals surface area contributed by atoms with E-state index in [0.717, 1.165) is 5.56 Å². The van der Waals surface area contributed by atoms with Gasteiger partial charge in [0.05, 0.1) is 12.7 Å². The summed E-state index contributed by atoms with van der Waals surface area (Å²) in [5.74, 6) is 0. The topological polar surface area (TPSA) is 41.6 Å². The Hall–Kier alpha value is -1.07. The van der Waals surface area contributed by atoms with E-state index in [0.29, 0.717) is 26.2 Å². The second-order valence-corrected chi connectivity index (χ2v) is 4.70. The SMILES string of the molecule is CC1CN(C(=O)NCc2ccsc2)CCO1. The van der Waals surface area contributed by atoms with E-state index in [1.54, 1.807) is 16.2 Å². The van der Waals surface area contributed by atoms with Crippen molar-refractivity contribution >= 4 is 17.4 Å². The van der Waals surface area contributed by atoms with Gasteiger partial charge in [-0.1, -0.05) is 0 Å². The number of rotatable bonds is 2. The molecule has 4 nitrogen and oxygen atoms in total. The van der Waals surface area contributed by atoms with Crippen LogP contribution in [0.25, 0.3) is 0 Å². The first kappa shape index (κ1) is 11.4. The average molecular weight is 240 g/mol. The minimum Gasteiger partial charge on any atom is -0.375 e. The van der Waals surface area contributed by atoms with E-state index < -0.39 is 0 Å². The van der Waals surface area contributed by atoms with Gasteiger partial charge in [-0.3, -0.25) is 0 Å². The van der Waals surface area contributed by atoms with Crippen LogP contribution in [0.1, 0.15) is 12.5 Å². The molecule has 1 saturated heterocycles. The molecule has 5 heteroatoms. The summed E-state index contributed by atoms with van der Waals surface area (Å²) in [5.41, 5.74) is 1.15. The quantitative estimate of drug-likeness (QED) is 0.854. The van der Waals surface area contributed by atoms with Gasteiger partial charge in [-0.25, -0.2) is 4.79 Å². The van der Waals surface area contributed by atoms with Crippen LogP contribution in [0, 0.1) is 0 Å². The molecule has 1 fully saturated rings. The number of hydrogen-bond acceptors (Lipinski definition) is 3. The third-order valence-electron chi connectivity index (χ3n) is 2.55. The monoisotopic (exact) mass is 240 g/mol. The Kier molecular flexibility index (Phi) is 3.79. The highest BCUT2D eigenvalue weighted by atomic mass is 32.1. The molecule has 1 atom stereocenters. The fraction of sp³-hybridized carbons (Fsp3) is 0.545. The summed E-state index contributed by atoms with van der Waals surface area (Å²) >= 11 is 1.64. The van der Waals surface area contributed by atoms with Crippen LogP contribution in [0.15, 0.2) is 16.8 Å². The standard InChI is InChI=1S/C11H16N2O2S/c1-9-7-13(3-4-15-9)11(14)12-6-10-2-5-16-8-10/h2,5,8-9H,3-4,6-7H2,1H3,(H,12,14). The van der Waals surface area contributed by atoms with Crippen molar-refractivity contribution in [2.45, 2.75) is 19.6 Å². The molecule has 2 rings (SSSR count). The lowest BCUT2D eigenvalue weighted by atomic mass is 10.3. The fourth-order valence-electron chi connectivity index (χ4n) is 1.69. The van der Waals surface area contributed by atoms with Gasteiger partial charge in [0.1, 0.15) is 0 Å². The van der Waals surface area contributed by atoms with Crippen LogP contribution in [0.5, 0.6) is 0 Å². The number of amides is 2. The van der Waals surface area contributed by atoms with Crippen LogP contribution in [-0.2, 0) is 11.3 Å². The predicted molar refractivity (Wildman–Crippen MR) is 63.5 cm³/mol. The van der Waals surface area contributed by atoms with Gasteiger partial charge in [0.15, 0.2) is 0 Å². The largest absolute Gasteiger partial charge is 0.375 e. The van der Waals surface area contributed by atoms with E-state index in [-0.39, 0.29) is 12.1 Å². The zero-order valence-electron chi connectivity index (χ0n) is 9.31. The van der Waals surface area contributed by atoms with Gasteiger partial charge in [0.25, 0.3) is 0 Å². The lowest BCUT2D eigenvalue weighted by molar-refractivity contribution is -0.00351. The van der Waals surface area contributed by atoms with Gasteiger partial charge in [-0.15, -0.1) is 0 Å². The Labute approximate surface area is 99.2 Å². The fourth-order valence-corrected chi connectivity index (χ4v) is 2.35. The Balaban J connectivity index is 1.79. The van der Waals surface area contributed by atoms with Gasteiger partial charge < -0.3 is 15.0 Å². The third kappa shape index (κ3) is 2.96. The highest BCUT2D eigenvalue weighted by Crippen LogP contribution is 2.07. The molecule has 1 unspecified atom stereocenters. The van der Waals surface area contributed by atoms with Crippen molar-refractivity contribution in [3.63, 3.8) is 0 Å². The van der Waals surface area contributed by atoms with Crippen molar-refractivity contribution in [1.82, 2.24) is 10.2 Å². The number of urea groups is 1. The Bertz CT molecular complexity index is 340. The van der Waals surface area contributed by atoms with Crippen LogP contribution >= 0.6 is 11.3 Å². The summed E-state index contributed by atoms with van der Waals surface area (Å²) in [4.78, 5) is 13.6. The van der Waals surface area contributed by atoms with E-state index >= 15 is 0 Å². The molecule has 0 aliphatic carbocycles. The molecule has 0 bridgehead atoms. The summed E-state index contributed by atoms with van der Waals surface area (Å²) < 4.78 is 5.39. The maximum absolute atomic E-state index is 11.8. The number of carbonyl (C=O) groups is 1. The minimum atomic E-state index is 0.00125. The van der Waals surface area contributed by atoms with Crippen molar-refractivity contribution in [2.24, 2.45) is 0 Å². The first-order chi connectivity index (χ1) is 7.75. The van der Waals surface area contributed by atoms with Crippen molar-refractivity contribution in [3.8, 4) is 0 Å². The number of hydrogen-bond donors (Lipinski definition) is 1. The molecule has 1 aromatic rings. The molecule has 16 heavy (non-hydrogen) atoms. The maximum atomic E-state index is 11.8. The van der Waals surface area contributed by atoms with Crippen molar-refractivity contribution < 1.29 is 9.53 Å². The Morgan fingerprint density at radius 1 is 1.75 bits per heavy atom. The zero-order valence-corrected chi connectivity index (χ0v) is 10.1. The molecule has 2 heterocycles. The molecule has 1 aliphatic rings. The number of nitrogens with one attached hydrogen (secondary N) is 1. The van der Waals surface area contributed by atoms with Gasteiger partial charge in [-0.2, -0.15) is 11.3 Å². The van der Waals surface area contributed by atoms with E-state index in [1.807, 2.05) is 23.8 Å². The van der Waals surface area contributed by atoms with Gasteiger partial charge in [-0.05, 0) is 29.3 Å². The van der Waals surface area contributed by atoms with Crippen molar-refractivity contribution in [2.75, 3.05) is 19.7 Å². The molecular weight excluding hydrogens is 224 g/mol. The number of ether oxygens (including phenoxy) is 1. The van der Waals surface area contributed by atoms with E-state index in [4.69, 9.17) is 4.74 Å². The molecule has 1 aromatic heterocycles. The smallest absolute Gasteiger partial charge is 0.317 e. The predicted octanol–water partition coefficient (Wildman–Crippen LogP) is 1.68. The molecule has 1 N–H and O–H groups in total. The van der Waals surface area contributed by atoms with Crippen LogP contribution in [0.3, 0.4) is 0 Å². The molecule has 0 radical (unpaired) electrons. The first-order valence-electron chi connectivity index (χ1n) is 5.41. The normalized spacial score (nSPS) is 20.8. The molecule has 1 aliphatic heterocycles. The summed E-state index contributed by atoms with van der Waals surface area (Å²) in [7, 11) is 0. The van der Waals surface area contributed by atoms with Crippen LogP contribution < -0.4 is 5.32 Å². The summed E-state index contributed by atoms with van der Waals surface area (Å²) in [6.07, 6.45) is 0.139. The van der Waals surface area contributed by atoms with Crippen molar-refractivity contribution in [1.29, 1.82) is 0 Å². The van der Waals surface area contributed by atoms with Gasteiger partial charge in [0, 0.05) is 19.6 Å². The number of carbonyl (C=O) groups excluding carboxylic acids is 1. The lowest BCUT2D eigenvalue weighted by Crippen LogP contribution is -2.48. The highest BCUT2D eigenvalue weighted by Gasteiger charge is 2.20. The van der Waals surface area contributed by atoms with Crippen LogP contribution in [0.4, 0.5) is 4.79 Å².